The number of hydrogen-bond acceptors (Lipinski definition) is 6. The molecule has 0 amide bonds. The molecule has 3 N–H and O–H groups in total. The third-order valence-electron chi connectivity index (χ3n) is 4.47. The second kappa shape index (κ2) is 6.00. The van der Waals surface area contributed by atoms with Gasteiger partial charge in [-0.2, -0.15) is 5.10 Å². The first-order valence-electron chi connectivity index (χ1n) is 8.79. The molecular weight excluding hydrogens is 364 g/mol. The SMILES string of the molecule is CC(C)(C)n1nc(-c2ccc(S(=O)(=O)NC3CC3)cc2)c2c(N)ncnc21. The zero-order valence-corrected chi connectivity index (χ0v) is 16.3. The van der Waals surface area contributed by atoms with E-state index in [4.69, 9.17) is 10.8 Å². The van der Waals surface area contributed by atoms with Gasteiger partial charge in [-0.25, -0.2) is 27.8 Å². The summed E-state index contributed by atoms with van der Waals surface area (Å²) in [6.45, 7) is 6.09. The number of aromatic nitrogens is 4. The Labute approximate surface area is 157 Å². The largest absolute Gasteiger partial charge is 0.383 e. The van der Waals surface area contributed by atoms with Crippen LogP contribution in [0.25, 0.3) is 22.3 Å². The van der Waals surface area contributed by atoms with E-state index in [1.165, 1.54) is 6.33 Å². The van der Waals surface area contributed by atoms with Crippen molar-refractivity contribution in [3.63, 3.8) is 0 Å². The van der Waals surface area contributed by atoms with E-state index in [9.17, 15) is 8.42 Å². The number of benzene rings is 1. The third-order valence-corrected chi connectivity index (χ3v) is 6.00. The molecule has 1 saturated carbocycles. The van der Waals surface area contributed by atoms with Crippen LogP contribution in [0.3, 0.4) is 0 Å². The standard InChI is InChI=1S/C18H22N6O2S/c1-18(2,3)24-17-14(16(19)20-10-21-17)15(22-24)11-4-8-13(9-5-11)27(25,26)23-12-6-7-12/h4-5,8-10,12,23H,6-7H2,1-3H3,(H2,19,20,21). The van der Waals surface area contributed by atoms with Crippen LogP contribution < -0.4 is 10.5 Å². The Kier molecular flexibility index (Phi) is 3.97. The fourth-order valence-electron chi connectivity index (χ4n) is 2.92. The minimum Gasteiger partial charge on any atom is -0.383 e. The van der Waals surface area contributed by atoms with Gasteiger partial charge in [0.05, 0.1) is 15.8 Å². The summed E-state index contributed by atoms with van der Waals surface area (Å²) in [5.41, 5.74) is 7.85. The summed E-state index contributed by atoms with van der Waals surface area (Å²) in [4.78, 5) is 8.69. The van der Waals surface area contributed by atoms with E-state index >= 15 is 0 Å². The Balaban J connectivity index is 1.81. The molecule has 1 aromatic carbocycles. The van der Waals surface area contributed by atoms with E-state index in [1.54, 1.807) is 24.3 Å². The van der Waals surface area contributed by atoms with Crippen LogP contribution in [0.4, 0.5) is 5.82 Å². The molecule has 2 aromatic heterocycles. The number of rotatable bonds is 4. The highest BCUT2D eigenvalue weighted by Gasteiger charge is 2.28. The van der Waals surface area contributed by atoms with Crippen LogP contribution in [0.2, 0.25) is 0 Å². The number of nitrogens with two attached hydrogens (primary N) is 1. The lowest BCUT2D eigenvalue weighted by Crippen LogP contribution is -2.25. The van der Waals surface area contributed by atoms with Crippen molar-refractivity contribution in [2.45, 2.75) is 50.1 Å². The fraction of sp³-hybridized carbons (Fsp3) is 0.389. The van der Waals surface area contributed by atoms with Crippen molar-refractivity contribution in [3.8, 4) is 11.3 Å². The molecule has 0 unspecified atom stereocenters. The molecule has 27 heavy (non-hydrogen) atoms. The lowest BCUT2D eigenvalue weighted by atomic mass is 10.1. The van der Waals surface area contributed by atoms with Gasteiger partial charge in [-0.15, -0.1) is 0 Å². The Hall–Kier alpha value is -2.52. The smallest absolute Gasteiger partial charge is 0.240 e. The van der Waals surface area contributed by atoms with E-state index < -0.39 is 10.0 Å². The zero-order chi connectivity index (χ0) is 19.4. The topological polar surface area (TPSA) is 116 Å². The fourth-order valence-corrected chi connectivity index (χ4v) is 4.23. The van der Waals surface area contributed by atoms with Crippen molar-refractivity contribution in [2.75, 3.05) is 5.73 Å². The Morgan fingerprint density at radius 2 is 1.81 bits per heavy atom. The van der Waals surface area contributed by atoms with E-state index in [-0.39, 0.29) is 16.5 Å². The summed E-state index contributed by atoms with van der Waals surface area (Å²) in [5.74, 6) is 0.345. The number of nitrogen functional groups attached to an aromatic ring is 1. The molecule has 0 atom stereocenters. The normalized spacial score (nSPS) is 15.4. The highest BCUT2D eigenvalue weighted by atomic mass is 32.2. The summed E-state index contributed by atoms with van der Waals surface area (Å²) in [6, 6.07) is 6.72. The van der Waals surface area contributed by atoms with Crippen LogP contribution >= 0.6 is 0 Å². The van der Waals surface area contributed by atoms with Crippen LogP contribution in [0, 0.1) is 0 Å². The number of nitrogens with one attached hydrogen (secondary N) is 1. The molecule has 0 radical (unpaired) electrons. The van der Waals surface area contributed by atoms with Gasteiger partial charge in [-0.3, -0.25) is 0 Å². The van der Waals surface area contributed by atoms with Gasteiger partial charge in [-0.1, -0.05) is 12.1 Å². The predicted octanol–water partition coefficient (Wildman–Crippen LogP) is 2.27. The maximum atomic E-state index is 12.4. The molecule has 1 aliphatic rings. The number of sulfonamides is 1. The molecule has 9 heteroatoms. The Morgan fingerprint density at radius 3 is 2.41 bits per heavy atom. The predicted molar refractivity (Wildman–Crippen MR) is 104 cm³/mol. The van der Waals surface area contributed by atoms with Crippen LogP contribution in [-0.4, -0.2) is 34.2 Å². The number of nitrogens with zero attached hydrogens (tertiary/aromatic N) is 4. The minimum atomic E-state index is -3.49. The first kappa shape index (κ1) is 17.9. The lowest BCUT2D eigenvalue weighted by Gasteiger charge is -2.19. The van der Waals surface area contributed by atoms with Crippen molar-refractivity contribution in [1.29, 1.82) is 0 Å². The molecule has 1 aliphatic carbocycles. The lowest BCUT2D eigenvalue weighted by molar-refractivity contribution is 0.367. The van der Waals surface area contributed by atoms with Crippen LogP contribution in [0.5, 0.6) is 0 Å². The molecule has 0 saturated heterocycles. The second-order valence-corrected chi connectivity index (χ2v) is 9.52. The molecule has 0 aliphatic heterocycles. The second-order valence-electron chi connectivity index (χ2n) is 7.81. The Bertz CT molecular complexity index is 1110. The zero-order valence-electron chi connectivity index (χ0n) is 15.5. The number of anilines is 1. The quantitative estimate of drug-likeness (QED) is 0.711. The first-order valence-corrected chi connectivity index (χ1v) is 10.3. The van der Waals surface area contributed by atoms with Gasteiger partial charge in [0.1, 0.15) is 17.8 Å². The molecule has 4 rings (SSSR count). The van der Waals surface area contributed by atoms with Crippen LogP contribution in [-0.2, 0) is 15.6 Å². The minimum absolute atomic E-state index is 0.0676. The third kappa shape index (κ3) is 3.28. The summed E-state index contributed by atoms with van der Waals surface area (Å²) < 4.78 is 29.2. The van der Waals surface area contributed by atoms with E-state index in [1.807, 2.05) is 25.5 Å². The first-order chi connectivity index (χ1) is 12.7. The molecular formula is C18H22N6O2S. The van der Waals surface area contributed by atoms with Crippen LogP contribution in [0.15, 0.2) is 35.5 Å². The summed E-state index contributed by atoms with van der Waals surface area (Å²) >= 11 is 0. The summed E-state index contributed by atoms with van der Waals surface area (Å²) in [6.07, 6.45) is 3.21. The van der Waals surface area contributed by atoms with Crippen molar-refractivity contribution >= 4 is 26.9 Å². The van der Waals surface area contributed by atoms with E-state index in [2.05, 4.69) is 14.7 Å². The van der Waals surface area contributed by atoms with Gasteiger partial charge in [0.15, 0.2) is 5.65 Å². The van der Waals surface area contributed by atoms with Crippen molar-refractivity contribution < 1.29 is 8.42 Å². The molecule has 3 aromatic rings. The molecule has 0 bridgehead atoms. The van der Waals surface area contributed by atoms with Crippen molar-refractivity contribution in [1.82, 2.24) is 24.5 Å². The number of hydrogen-bond donors (Lipinski definition) is 2. The van der Waals surface area contributed by atoms with Crippen molar-refractivity contribution in [2.24, 2.45) is 0 Å². The monoisotopic (exact) mass is 386 g/mol. The molecule has 142 valence electrons. The van der Waals surface area contributed by atoms with Gasteiger partial charge < -0.3 is 5.73 Å². The Morgan fingerprint density at radius 1 is 1.15 bits per heavy atom. The van der Waals surface area contributed by atoms with Gasteiger partial charge >= 0.3 is 0 Å². The maximum absolute atomic E-state index is 12.4. The van der Waals surface area contributed by atoms with Crippen LogP contribution in [0.1, 0.15) is 33.6 Å². The number of fused-ring (bicyclic) bond motifs is 1. The average Bonchev–Trinajstić information content (AvgIpc) is 3.29. The maximum Gasteiger partial charge on any atom is 0.240 e. The van der Waals surface area contributed by atoms with Gasteiger partial charge in [0, 0.05) is 11.6 Å². The van der Waals surface area contributed by atoms with E-state index in [0.717, 1.165) is 18.4 Å². The molecule has 0 spiro atoms. The summed E-state index contributed by atoms with van der Waals surface area (Å²) in [5, 5.41) is 5.38. The molecule has 8 nitrogen and oxygen atoms in total. The molecule has 1 fully saturated rings. The molecule has 2 heterocycles. The van der Waals surface area contributed by atoms with Gasteiger partial charge in [-0.05, 0) is 45.7 Å². The van der Waals surface area contributed by atoms with Gasteiger partial charge in [0.25, 0.3) is 0 Å². The average molecular weight is 386 g/mol. The van der Waals surface area contributed by atoms with Gasteiger partial charge in [0.2, 0.25) is 10.0 Å². The highest BCUT2D eigenvalue weighted by Crippen LogP contribution is 2.33. The summed E-state index contributed by atoms with van der Waals surface area (Å²) in [7, 11) is -3.49. The highest BCUT2D eigenvalue weighted by molar-refractivity contribution is 7.89. The van der Waals surface area contributed by atoms with Crippen molar-refractivity contribution in [3.05, 3.63) is 30.6 Å². The van der Waals surface area contributed by atoms with E-state index in [0.29, 0.717) is 22.5 Å².